The van der Waals surface area contributed by atoms with Crippen LogP contribution in [0.2, 0.25) is 0 Å². The quantitative estimate of drug-likeness (QED) is 0.575. The molecule has 2 aromatic rings. The Morgan fingerprint density at radius 2 is 1.88 bits per heavy atom. The molecule has 0 radical (unpaired) electrons. The van der Waals surface area contributed by atoms with Gasteiger partial charge in [0, 0.05) is 5.25 Å². The lowest BCUT2D eigenvalue weighted by Gasteiger charge is -2.18. The molecule has 0 unspecified atom stereocenters. The lowest BCUT2D eigenvalue weighted by Crippen LogP contribution is -2.30. The van der Waals surface area contributed by atoms with Gasteiger partial charge >= 0.3 is 0 Å². The third-order valence-corrected chi connectivity index (χ3v) is 5.11. The molecule has 0 aliphatic rings. The summed E-state index contributed by atoms with van der Waals surface area (Å²) in [7, 11) is 0. The molecule has 5 nitrogen and oxygen atoms in total. The second-order valence-electron chi connectivity index (χ2n) is 5.98. The highest BCUT2D eigenvalue weighted by molar-refractivity contribution is 8.01. The fraction of sp³-hybridized carbons (Fsp3) is 0.471. The number of amides is 1. The first-order valence-electron chi connectivity index (χ1n) is 7.93. The molecule has 1 aromatic heterocycles. The molecule has 0 aliphatic heterocycles. The molecule has 0 bridgehead atoms. The van der Waals surface area contributed by atoms with Crippen LogP contribution in [0.5, 0.6) is 5.75 Å². The van der Waals surface area contributed by atoms with Crippen LogP contribution in [0.4, 0.5) is 5.13 Å². The van der Waals surface area contributed by atoms with Crippen LogP contribution in [0.3, 0.4) is 0 Å². The van der Waals surface area contributed by atoms with Crippen molar-refractivity contribution in [3.05, 3.63) is 29.8 Å². The minimum Gasteiger partial charge on any atom is -0.481 e. The number of thioether (sulfide) groups is 1. The van der Waals surface area contributed by atoms with Gasteiger partial charge in [0.25, 0.3) is 5.91 Å². The van der Waals surface area contributed by atoms with Gasteiger partial charge in [-0.3, -0.25) is 10.1 Å². The van der Waals surface area contributed by atoms with E-state index in [2.05, 4.69) is 43.2 Å². The Labute approximate surface area is 151 Å². The lowest BCUT2D eigenvalue weighted by molar-refractivity contribution is -0.122. The summed E-state index contributed by atoms with van der Waals surface area (Å²) >= 11 is 3.00. The van der Waals surface area contributed by atoms with Crippen LogP contribution in [-0.2, 0) is 4.79 Å². The Balaban J connectivity index is 1.99. The van der Waals surface area contributed by atoms with Crippen LogP contribution in [0.1, 0.15) is 46.1 Å². The molecule has 0 aliphatic carbocycles. The van der Waals surface area contributed by atoms with Crippen molar-refractivity contribution < 1.29 is 9.53 Å². The molecule has 2 rings (SSSR count). The summed E-state index contributed by atoms with van der Waals surface area (Å²) in [5, 5.41) is 11.8. The molecule has 1 heterocycles. The molecule has 1 N–H and O–H groups in total. The van der Waals surface area contributed by atoms with E-state index < -0.39 is 6.10 Å². The van der Waals surface area contributed by atoms with Crippen LogP contribution in [0.15, 0.2) is 28.6 Å². The second kappa shape index (κ2) is 8.48. The predicted molar refractivity (Wildman–Crippen MR) is 100 cm³/mol. The van der Waals surface area contributed by atoms with E-state index in [0.717, 1.165) is 15.7 Å². The van der Waals surface area contributed by atoms with E-state index in [1.165, 1.54) is 11.3 Å². The summed E-state index contributed by atoms with van der Waals surface area (Å²) in [5.74, 6) is 0.838. The molecule has 1 atom stereocenters. The van der Waals surface area contributed by atoms with E-state index in [9.17, 15) is 4.79 Å². The lowest BCUT2D eigenvalue weighted by atomic mass is 10.0. The minimum absolute atomic E-state index is 0.231. The highest BCUT2D eigenvalue weighted by Gasteiger charge is 2.19. The number of anilines is 1. The van der Waals surface area contributed by atoms with Gasteiger partial charge in [-0.05, 0) is 24.5 Å². The summed E-state index contributed by atoms with van der Waals surface area (Å²) in [6.45, 7) is 10.1. The predicted octanol–water partition coefficient (Wildman–Crippen LogP) is 4.57. The topological polar surface area (TPSA) is 64.1 Å². The molecular formula is C17H23N3O2S2. The first-order chi connectivity index (χ1) is 11.4. The second-order valence-corrected chi connectivity index (χ2v) is 8.78. The number of aromatic nitrogens is 2. The number of hydrogen-bond acceptors (Lipinski definition) is 6. The number of carbonyl (C=O) groups excluding carboxylic acids is 1. The Kier molecular flexibility index (Phi) is 6.62. The van der Waals surface area contributed by atoms with Gasteiger partial charge in [0.05, 0.1) is 0 Å². The molecule has 24 heavy (non-hydrogen) atoms. The third-order valence-electron chi connectivity index (χ3n) is 3.19. The van der Waals surface area contributed by atoms with Crippen LogP contribution in [-0.4, -0.2) is 27.5 Å². The molecule has 7 heteroatoms. The van der Waals surface area contributed by atoms with Crippen LogP contribution >= 0.6 is 23.1 Å². The summed E-state index contributed by atoms with van der Waals surface area (Å²) in [6, 6.07) is 7.79. The van der Waals surface area contributed by atoms with E-state index >= 15 is 0 Å². The summed E-state index contributed by atoms with van der Waals surface area (Å²) in [4.78, 5) is 12.3. The fourth-order valence-electron chi connectivity index (χ4n) is 2.03. The van der Waals surface area contributed by atoms with Gasteiger partial charge in [0.1, 0.15) is 5.75 Å². The van der Waals surface area contributed by atoms with Gasteiger partial charge in [0.2, 0.25) is 5.13 Å². The van der Waals surface area contributed by atoms with Gasteiger partial charge in [-0.25, -0.2) is 0 Å². The average Bonchev–Trinajstić information content (AvgIpc) is 2.93. The maximum Gasteiger partial charge on any atom is 0.266 e. The summed E-state index contributed by atoms with van der Waals surface area (Å²) in [5.41, 5.74) is 1.09. The smallest absolute Gasteiger partial charge is 0.266 e. The normalized spacial score (nSPS) is 12.5. The van der Waals surface area contributed by atoms with E-state index in [1.54, 1.807) is 18.7 Å². The van der Waals surface area contributed by atoms with Crippen molar-refractivity contribution in [1.29, 1.82) is 0 Å². The van der Waals surface area contributed by atoms with Crippen molar-refractivity contribution in [2.75, 3.05) is 5.32 Å². The average molecular weight is 366 g/mol. The number of para-hydroxylation sites is 1. The van der Waals surface area contributed by atoms with Crippen molar-refractivity contribution in [2.45, 2.75) is 56.2 Å². The van der Waals surface area contributed by atoms with Crippen LogP contribution in [0.25, 0.3) is 0 Å². The van der Waals surface area contributed by atoms with E-state index in [1.807, 2.05) is 24.3 Å². The SMILES string of the molecule is CC(C)Sc1nnc(NC(=O)[C@@H](C)Oc2ccccc2C(C)C)s1. The van der Waals surface area contributed by atoms with Crippen LogP contribution < -0.4 is 10.1 Å². The zero-order valence-electron chi connectivity index (χ0n) is 14.6. The first-order valence-corrected chi connectivity index (χ1v) is 9.63. The fourth-order valence-corrected chi connectivity index (χ4v) is 4.00. The van der Waals surface area contributed by atoms with Crippen molar-refractivity contribution in [2.24, 2.45) is 0 Å². The van der Waals surface area contributed by atoms with Crippen LogP contribution in [0, 0.1) is 0 Å². The summed E-state index contributed by atoms with van der Waals surface area (Å²) < 4.78 is 6.70. The number of hydrogen-bond donors (Lipinski definition) is 1. The van der Waals surface area contributed by atoms with Crippen molar-refractivity contribution in [3.63, 3.8) is 0 Å². The Morgan fingerprint density at radius 1 is 1.17 bits per heavy atom. The molecule has 0 saturated heterocycles. The van der Waals surface area contributed by atoms with Gasteiger partial charge < -0.3 is 4.74 Å². The molecular weight excluding hydrogens is 342 g/mol. The number of nitrogens with one attached hydrogen (secondary N) is 1. The molecule has 0 spiro atoms. The molecule has 130 valence electrons. The Bertz CT molecular complexity index is 686. The minimum atomic E-state index is -0.616. The molecule has 1 amide bonds. The van der Waals surface area contributed by atoms with E-state index in [4.69, 9.17) is 4.74 Å². The zero-order valence-corrected chi connectivity index (χ0v) is 16.2. The zero-order chi connectivity index (χ0) is 17.7. The number of ether oxygens (including phenoxy) is 1. The monoisotopic (exact) mass is 365 g/mol. The number of benzene rings is 1. The maximum absolute atomic E-state index is 12.3. The highest BCUT2D eigenvalue weighted by Crippen LogP contribution is 2.29. The van der Waals surface area contributed by atoms with Gasteiger partial charge in [0.15, 0.2) is 10.4 Å². The van der Waals surface area contributed by atoms with Crippen molar-refractivity contribution in [3.8, 4) is 5.75 Å². The van der Waals surface area contributed by atoms with E-state index in [-0.39, 0.29) is 5.91 Å². The molecule has 1 aromatic carbocycles. The maximum atomic E-state index is 12.3. The molecule has 0 fully saturated rings. The Morgan fingerprint density at radius 3 is 2.54 bits per heavy atom. The van der Waals surface area contributed by atoms with E-state index in [0.29, 0.717) is 16.3 Å². The third kappa shape index (κ3) is 5.21. The van der Waals surface area contributed by atoms with Gasteiger partial charge in [-0.1, -0.05) is 69.0 Å². The number of rotatable bonds is 7. The number of nitrogens with zero attached hydrogens (tertiary/aromatic N) is 2. The Hall–Kier alpha value is -1.60. The summed E-state index contributed by atoms with van der Waals surface area (Å²) in [6.07, 6.45) is -0.616. The standard InChI is InChI=1S/C17H23N3O2S2/c1-10(2)13-8-6-7-9-14(13)22-12(5)15(21)18-16-19-20-17(24-16)23-11(3)4/h6-12H,1-5H3,(H,18,19,21)/t12-/m1/s1. The first kappa shape index (κ1) is 18.7. The van der Waals surface area contributed by atoms with Crippen molar-refractivity contribution >= 4 is 34.1 Å². The largest absolute Gasteiger partial charge is 0.481 e. The van der Waals surface area contributed by atoms with Gasteiger partial charge in [-0.15, -0.1) is 10.2 Å². The van der Waals surface area contributed by atoms with Crippen molar-refractivity contribution in [1.82, 2.24) is 10.2 Å². The number of carbonyl (C=O) groups is 1. The van der Waals surface area contributed by atoms with Gasteiger partial charge in [-0.2, -0.15) is 0 Å². The highest BCUT2D eigenvalue weighted by atomic mass is 32.2. The molecule has 0 saturated carbocycles.